The number of hydrogen-bond acceptors (Lipinski definition) is 4. The molecule has 2 amide bonds. The first-order chi connectivity index (χ1) is 9.61. The zero-order valence-electron chi connectivity index (χ0n) is 11.4. The minimum atomic E-state index is -0.474. The molecule has 1 unspecified atom stereocenters. The zero-order valence-corrected chi connectivity index (χ0v) is 11.4. The number of nitrogens with zero attached hydrogens (tertiary/aromatic N) is 1. The molecule has 2 rings (SSSR count). The lowest BCUT2D eigenvalue weighted by atomic mass is 10.1. The lowest BCUT2D eigenvalue weighted by Gasteiger charge is -2.35. The van der Waals surface area contributed by atoms with Crippen LogP contribution in [-0.2, 0) is 16.0 Å². The highest BCUT2D eigenvalue weighted by atomic mass is 16.3. The van der Waals surface area contributed by atoms with E-state index in [4.69, 9.17) is 0 Å². The number of nitrogens with one attached hydrogen (secondary N) is 2. The smallest absolute Gasteiger partial charge is 0.243 e. The monoisotopic (exact) mass is 277 g/mol. The van der Waals surface area contributed by atoms with Crippen molar-refractivity contribution in [3.63, 3.8) is 0 Å². The van der Waals surface area contributed by atoms with Crippen LogP contribution in [0.5, 0.6) is 5.75 Å². The number of carbonyl (C=O) groups excluding carboxylic acids is 2. The number of hydrogen-bond donors (Lipinski definition) is 3. The number of aromatic hydroxyl groups is 1. The number of rotatable bonds is 3. The number of piperazine rings is 1. The van der Waals surface area contributed by atoms with Crippen LogP contribution in [-0.4, -0.2) is 54.5 Å². The molecule has 0 spiro atoms. The van der Waals surface area contributed by atoms with E-state index >= 15 is 0 Å². The summed E-state index contributed by atoms with van der Waals surface area (Å²) in [6.07, 6.45) is 0.182. The summed E-state index contributed by atoms with van der Waals surface area (Å²) in [6.45, 7) is 1.65. The van der Waals surface area contributed by atoms with Gasteiger partial charge in [0.25, 0.3) is 0 Å². The van der Waals surface area contributed by atoms with Gasteiger partial charge in [0, 0.05) is 26.7 Å². The molecule has 0 aromatic heterocycles. The second-order valence-electron chi connectivity index (χ2n) is 4.77. The molecular formula is C14H19N3O3. The van der Waals surface area contributed by atoms with Gasteiger partial charge in [-0.1, -0.05) is 12.1 Å². The van der Waals surface area contributed by atoms with Gasteiger partial charge in [-0.2, -0.15) is 0 Å². The summed E-state index contributed by atoms with van der Waals surface area (Å²) >= 11 is 0. The largest absolute Gasteiger partial charge is 0.508 e. The van der Waals surface area contributed by atoms with Gasteiger partial charge in [0.05, 0.1) is 6.42 Å². The fraction of sp³-hybridized carbons (Fsp3) is 0.429. The number of phenols is 1. The van der Waals surface area contributed by atoms with E-state index < -0.39 is 6.04 Å². The minimum absolute atomic E-state index is 0.106. The Bertz CT molecular complexity index is 504. The fourth-order valence-corrected chi connectivity index (χ4v) is 2.35. The van der Waals surface area contributed by atoms with Crippen LogP contribution >= 0.6 is 0 Å². The van der Waals surface area contributed by atoms with Gasteiger partial charge in [-0.25, -0.2) is 0 Å². The summed E-state index contributed by atoms with van der Waals surface area (Å²) in [4.78, 5) is 25.7. The molecule has 6 nitrogen and oxygen atoms in total. The SMILES string of the molecule is CNC(=O)C1CNCCN1C(=O)Cc1cccc(O)c1. The predicted octanol–water partition coefficient (Wildman–Crippen LogP) is -0.519. The van der Waals surface area contributed by atoms with Crippen molar-refractivity contribution in [3.05, 3.63) is 29.8 Å². The van der Waals surface area contributed by atoms with Crippen molar-refractivity contribution in [3.8, 4) is 5.75 Å². The third-order valence-electron chi connectivity index (χ3n) is 3.38. The molecule has 1 aliphatic heterocycles. The van der Waals surface area contributed by atoms with Gasteiger partial charge in [-0.3, -0.25) is 9.59 Å². The Balaban J connectivity index is 2.08. The van der Waals surface area contributed by atoms with E-state index in [1.54, 1.807) is 36.2 Å². The maximum atomic E-state index is 12.3. The Hall–Kier alpha value is -2.08. The van der Waals surface area contributed by atoms with Crippen LogP contribution in [0.4, 0.5) is 0 Å². The molecular weight excluding hydrogens is 258 g/mol. The molecule has 1 aromatic rings. The van der Waals surface area contributed by atoms with Crippen LogP contribution in [0.2, 0.25) is 0 Å². The summed E-state index contributed by atoms with van der Waals surface area (Å²) < 4.78 is 0. The number of amides is 2. The highest BCUT2D eigenvalue weighted by molar-refractivity contribution is 5.88. The number of benzene rings is 1. The van der Waals surface area contributed by atoms with Crippen LogP contribution in [0.1, 0.15) is 5.56 Å². The lowest BCUT2D eigenvalue weighted by molar-refractivity contribution is -0.140. The maximum Gasteiger partial charge on any atom is 0.243 e. The van der Waals surface area contributed by atoms with Crippen LogP contribution < -0.4 is 10.6 Å². The number of phenolic OH excluding ortho intramolecular Hbond substituents is 1. The highest BCUT2D eigenvalue weighted by Crippen LogP contribution is 2.13. The molecule has 0 bridgehead atoms. The van der Waals surface area contributed by atoms with Gasteiger partial charge >= 0.3 is 0 Å². The van der Waals surface area contributed by atoms with Crippen molar-refractivity contribution < 1.29 is 14.7 Å². The second-order valence-corrected chi connectivity index (χ2v) is 4.77. The topological polar surface area (TPSA) is 81.7 Å². The minimum Gasteiger partial charge on any atom is -0.508 e. The van der Waals surface area contributed by atoms with Gasteiger partial charge < -0.3 is 20.6 Å². The van der Waals surface area contributed by atoms with Gasteiger partial charge in [0.15, 0.2) is 0 Å². The third-order valence-corrected chi connectivity index (χ3v) is 3.38. The number of carbonyl (C=O) groups is 2. The quantitative estimate of drug-likeness (QED) is 0.694. The molecule has 1 atom stereocenters. The molecule has 1 aromatic carbocycles. The summed E-state index contributed by atoms with van der Waals surface area (Å²) in [5.74, 6) is -0.134. The summed E-state index contributed by atoms with van der Waals surface area (Å²) in [5, 5.41) is 15.1. The normalized spacial score (nSPS) is 18.6. The molecule has 1 aliphatic rings. The predicted molar refractivity (Wildman–Crippen MR) is 74.2 cm³/mol. The van der Waals surface area contributed by atoms with Gasteiger partial charge in [-0.05, 0) is 17.7 Å². The highest BCUT2D eigenvalue weighted by Gasteiger charge is 2.31. The maximum absolute atomic E-state index is 12.3. The first kappa shape index (κ1) is 14.3. The first-order valence-electron chi connectivity index (χ1n) is 6.61. The van der Waals surface area contributed by atoms with Gasteiger partial charge in [-0.15, -0.1) is 0 Å². The molecule has 6 heteroatoms. The Kier molecular flexibility index (Phi) is 4.57. The van der Waals surface area contributed by atoms with E-state index in [1.807, 2.05) is 0 Å². The van der Waals surface area contributed by atoms with Crippen LogP contribution in [0.25, 0.3) is 0 Å². The molecule has 1 heterocycles. The van der Waals surface area contributed by atoms with Crippen LogP contribution in [0.3, 0.4) is 0 Å². The van der Waals surface area contributed by atoms with E-state index in [0.29, 0.717) is 19.6 Å². The molecule has 1 fully saturated rings. The van der Waals surface area contributed by atoms with Crippen molar-refractivity contribution >= 4 is 11.8 Å². The molecule has 20 heavy (non-hydrogen) atoms. The van der Waals surface area contributed by atoms with E-state index in [0.717, 1.165) is 5.56 Å². The van der Waals surface area contributed by atoms with Crippen LogP contribution in [0, 0.1) is 0 Å². The summed E-state index contributed by atoms with van der Waals surface area (Å²) in [7, 11) is 1.56. The average molecular weight is 277 g/mol. The van der Waals surface area contributed by atoms with Crippen molar-refractivity contribution in [1.29, 1.82) is 0 Å². The van der Waals surface area contributed by atoms with Crippen molar-refractivity contribution in [1.82, 2.24) is 15.5 Å². The Labute approximate surface area is 117 Å². The molecule has 0 radical (unpaired) electrons. The fourth-order valence-electron chi connectivity index (χ4n) is 2.35. The van der Waals surface area contributed by atoms with Gasteiger partial charge in [0.2, 0.25) is 11.8 Å². The van der Waals surface area contributed by atoms with Crippen LogP contribution in [0.15, 0.2) is 24.3 Å². The molecule has 0 saturated carbocycles. The third kappa shape index (κ3) is 3.27. The van der Waals surface area contributed by atoms with Gasteiger partial charge in [0.1, 0.15) is 11.8 Å². The summed E-state index contributed by atoms with van der Waals surface area (Å²) in [6, 6.07) is 6.14. The second kappa shape index (κ2) is 6.38. The van der Waals surface area contributed by atoms with E-state index in [-0.39, 0.29) is 24.0 Å². The standard InChI is InChI=1S/C14H19N3O3/c1-15-14(20)12-9-16-5-6-17(12)13(19)8-10-3-2-4-11(18)7-10/h2-4,7,12,16,18H,5-6,8-9H2,1H3,(H,15,20). The van der Waals surface area contributed by atoms with Crippen molar-refractivity contribution in [2.75, 3.05) is 26.7 Å². The molecule has 1 saturated heterocycles. The lowest BCUT2D eigenvalue weighted by Crippen LogP contribution is -2.59. The molecule has 3 N–H and O–H groups in total. The molecule has 108 valence electrons. The van der Waals surface area contributed by atoms with E-state index in [2.05, 4.69) is 10.6 Å². The zero-order chi connectivity index (χ0) is 14.5. The van der Waals surface area contributed by atoms with E-state index in [9.17, 15) is 14.7 Å². The Morgan fingerprint density at radius 3 is 3.00 bits per heavy atom. The van der Waals surface area contributed by atoms with Crippen molar-refractivity contribution in [2.24, 2.45) is 0 Å². The first-order valence-corrected chi connectivity index (χ1v) is 6.61. The Morgan fingerprint density at radius 2 is 2.30 bits per heavy atom. The molecule has 0 aliphatic carbocycles. The Morgan fingerprint density at radius 1 is 1.50 bits per heavy atom. The average Bonchev–Trinajstić information content (AvgIpc) is 2.46. The number of likely N-dealkylation sites (N-methyl/N-ethyl adjacent to an activating group) is 1. The van der Waals surface area contributed by atoms with E-state index in [1.165, 1.54) is 0 Å². The van der Waals surface area contributed by atoms with Crippen molar-refractivity contribution in [2.45, 2.75) is 12.5 Å². The summed E-state index contributed by atoms with van der Waals surface area (Å²) in [5.41, 5.74) is 0.740.